The number of thiophene rings is 1. The van der Waals surface area contributed by atoms with Gasteiger partial charge in [-0.2, -0.15) is 4.98 Å². The fourth-order valence-corrected chi connectivity index (χ4v) is 3.75. The molecule has 0 aliphatic carbocycles. The number of hydrogen-bond acceptors (Lipinski definition) is 5. The molecule has 4 aromatic rings. The highest BCUT2D eigenvalue weighted by molar-refractivity contribution is 7.09. The van der Waals surface area contributed by atoms with Crippen molar-refractivity contribution in [2.75, 3.05) is 0 Å². The number of aromatic nitrogens is 3. The monoisotopic (exact) mass is 410 g/mol. The van der Waals surface area contributed by atoms with E-state index < -0.39 is 0 Å². The van der Waals surface area contributed by atoms with Crippen molar-refractivity contribution in [3.05, 3.63) is 69.9 Å². The number of aryl methyl sites for hydroxylation is 1. The second kappa shape index (κ2) is 8.00. The zero-order valence-corrected chi connectivity index (χ0v) is 16.8. The maximum atomic E-state index is 13.1. The molecular formula is C21H19FN4O2S. The van der Waals surface area contributed by atoms with Crippen LogP contribution in [0.15, 0.2) is 52.4 Å². The van der Waals surface area contributed by atoms with Crippen molar-refractivity contribution < 1.29 is 13.7 Å². The predicted molar refractivity (Wildman–Crippen MR) is 109 cm³/mol. The van der Waals surface area contributed by atoms with Crippen LogP contribution >= 0.6 is 11.3 Å². The van der Waals surface area contributed by atoms with E-state index in [9.17, 15) is 9.18 Å². The molecule has 0 bridgehead atoms. The maximum Gasteiger partial charge on any atom is 0.260 e. The van der Waals surface area contributed by atoms with Gasteiger partial charge < -0.3 is 14.4 Å². The molecule has 0 fully saturated rings. The van der Waals surface area contributed by atoms with Crippen LogP contribution < -0.4 is 5.32 Å². The molecule has 0 unspecified atom stereocenters. The predicted octanol–water partition coefficient (Wildman–Crippen LogP) is 4.34. The lowest BCUT2D eigenvalue weighted by Crippen LogP contribution is -2.27. The molecule has 29 heavy (non-hydrogen) atoms. The molecule has 1 aromatic carbocycles. The van der Waals surface area contributed by atoms with E-state index in [2.05, 4.69) is 15.5 Å². The van der Waals surface area contributed by atoms with Crippen LogP contribution in [-0.4, -0.2) is 20.6 Å². The lowest BCUT2D eigenvalue weighted by atomic mass is 10.2. The van der Waals surface area contributed by atoms with Crippen molar-refractivity contribution in [3.8, 4) is 22.8 Å². The summed E-state index contributed by atoms with van der Waals surface area (Å²) in [7, 11) is 0. The van der Waals surface area contributed by atoms with Crippen LogP contribution in [0.1, 0.15) is 16.3 Å². The van der Waals surface area contributed by atoms with Gasteiger partial charge in [-0.15, -0.1) is 11.3 Å². The molecule has 0 aliphatic heterocycles. The summed E-state index contributed by atoms with van der Waals surface area (Å²) in [6.07, 6.45) is 0. The van der Waals surface area contributed by atoms with Crippen LogP contribution in [-0.2, 0) is 17.9 Å². The van der Waals surface area contributed by atoms with Gasteiger partial charge in [0.15, 0.2) is 0 Å². The first-order chi connectivity index (χ1) is 14.0. The normalized spacial score (nSPS) is 11.0. The zero-order valence-electron chi connectivity index (χ0n) is 16.0. The Bertz CT molecular complexity index is 1130. The molecule has 3 aromatic heterocycles. The molecule has 0 spiro atoms. The average Bonchev–Trinajstić information content (AvgIpc) is 3.44. The van der Waals surface area contributed by atoms with Gasteiger partial charge in [-0.3, -0.25) is 4.79 Å². The maximum absolute atomic E-state index is 13.1. The smallest absolute Gasteiger partial charge is 0.260 e. The van der Waals surface area contributed by atoms with E-state index in [1.807, 2.05) is 42.0 Å². The van der Waals surface area contributed by atoms with Crippen molar-refractivity contribution in [3.63, 3.8) is 0 Å². The Labute approximate surface area is 171 Å². The van der Waals surface area contributed by atoms with Gasteiger partial charge in [-0.05, 0) is 55.6 Å². The number of benzene rings is 1. The van der Waals surface area contributed by atoms with Crippen LogP contribution in [0.5, 0.6) is 0 Å². The summed E-state index contributed by atoms with van der Waals surface area (Å²) in [5.41, 5.74) is 3.23. The van der Waals surface area contributed by atoms with Gasteiger partial charge in [0.1, 0.15) is 12.4 Å². The first-order valence-electron chi connectivity index (χ1n) is 9.07. The fraction of sp³-hybridized carbons (Fsp3) is 0.190. The van der Waals surface area contributed by atoms with E-state index in [0.717, 1.165) is 21.8 Å². The number of halogens is 1. The second-order valence-electron chi connectivity index (χ2n) is 6.66. The summed E-state index contributed by atoms with van der Waals surface area (Å²) in [5.74, 6) is 0.365. The quantitative estimate of drug-likeness (QED) is 0.513. The van der Waals surface area contributed by atoms with Crippen LogP contribution in [0.25, 0.3) is 22.8 Å². The van der Waals surface area contributed by atoms with Gasteiger partial charge in [0, 0.05) is 21.8 Å². The molecule has 1 amide bonds. The molecule has 3 heterocycles. The minimum Gasteiger partial charge on any atom is -0.350 e. The molecule has 0 saturated carbocycles. The highest BCUT2D eigenvalue weighted by atomic mass is 32.1. The van der Waals surface area contributed by atoms with Gasteiger partial charge in [0.05, 0.1) is 12.1 Å². The highest BCUT2D eigenvalue weighted by Gasteiger charge is 2.18. The number of hydrogen-bond donors (Lipinski definition) is 1. The van der Waals surface area contributed by atoms with E-state index in [1.54, 1.807) is 23.5 Å². The molecule has 0 radical (unpaired) electrons. The lowest BCUT2D eigenvalue weighted by molar-refractivity contribution is -0.121. The third-order valence-electron chi connectivity index (χ3n) is 4.67. The zero-order chi connectivity index (χ0) is 20.4. The number of carbonyl (C=O) groups is 1. The molecular weight excluding hydrogens is 391 g/mol. The van der Waals surface area contributed by atoms with E-state index in [1.165, 1.54) is 12.1 Å². The topological polar surface area (TPSA) is 73.0 Å². The summed E-state index contributed by atoms with van der Waals surface area (Å²) in [4.78, 5) is 17.9. The van der Waals surface area contributed by atoms with Crippen molar-refractivity contribution in [1.82, 2.24) is 20.0 Å². The summed E-state index contributed by atoms with van der Waals surface area (Å²) < 4.78 is 20.4. The molecule has 8 heteroatoms. The number of rotatable bonds is 6. The van der Waals surface area contributed by atoms with Crippen molar-refractivity contribution in [1.29, 1.82) is 0 Å². The summed E-state index contributed by atoms with van der Waals surface area (Å²) in [6, 6.07) is 11.8. The van der Waals surface area contributed by atoms with Crippen molar-refractivity contribution in [2.24, 2.45) is 0 Å². The van der Waals surface area contributed by atoms with E-state index >= 15 is 0 Å². The van der Waals surface area contributed by atoms with Gasteiger partial charge >= 0.3 is 0 Å². The molecule has 0 atom stereocenters. The fourth-order valence-electron chi connectivity index (χ4n) is 3.11. The Morgan fingerprint density at radius 3 is 2.76 bits per heavy atom. The minimum atomic E-state index is -0.321. The Morgan fingerprint density at radius 2 is 2.03 bits per heavy atom. The van der Waals surface area contributed by atoms with Crippen LogP contribution in [0, 0.1) is 19.7 Å². The Morgan fingerprint density at radius 1 is 1.24 bits per heavy atom. The SMILES string of the molecule is Cc1cc(-c2nc(-c3ccc(F)cc3)no2)c(C)n1CC(=O)NCc1cccs1. The second-order valence-corrected chi connectivity index (χ2v) is 7.69. The molecule has 0 aliphatic rings. The first-order valence-corrected chi connectivity index (χ1v) is 9.95. The molecule has 0 saturated heterocycles. The highest BCUT2D eigenvalue weighted by Crippen LogP contribution is 2.27. The van der Waals surface area contributed by atoms with E-state index in [-0.39, 0.29) is 18.3 Å². The van der Waals surface area contributed by atoms with Gasteiger partial charge in [0.2, 0.25) is 11.7 Å². The van der Waals surface area contributed by atoms with Crippen LogP contribution in [0.2, 0.25) is 0 Å². The third kappa shape index (κ3) is 4.12. The largest absolute Gasteiger partial charge is 0.350 e. The summed E-state index contributed by atoms with van der Waals surface area (Å²) in [6.45, 7) is 4.58. The number of nitrogens with one attached hydrogen (secondary N) is 1. The average molecular weight is 410 g/mol. The minimum absolute atomic E-state index is 0.0655. The van der Waals surface area contributed by atoms with Gasteiger partial charge in [0.25, 0.3) is 5.89 Å². The van der Waals surface area contributed by atoms with E-state index in [4.69, 9.17) is 4.52 Å². The van der Waals surface area contributed by atoms with Crippen LogP contribution in [0.3, 0.4) is 0 Å². The molecule has 1 N–H and O–H groups in total. The number of nitrogens with zero attached hydrogens (tertiary/aromatic N) is 3. The Hall–Kier alpha value is -3.26. The van der Waals surface area contributed by atoms with E-state index in [0.29, 0.717) is 23.8 Å². The van der Waals surface area contributed by atoms with Gasteiger partial charge in [-0.25, -0.2) is 4.39 Å². The molecule has 148 valence electrons. The van der Waals surface area contributed by atoms with Gasteiger partial charge in [-0.1, -0.05) is 11.2 Å². The van der Waals surface area contributed by atoms with Crippen LogP contribution in [0.4, 0.5) is 4.39 Å². The Kier molecular flexibility index (Phi) is 5.26. The number of carbonyl (C=O) groups excluding carboxylic acids is 1. The van der Waals surface area contributed by atoms with Crippen molar-refractivity contribution in [2.45, 2.75) is 26.9 Å². The molecule has 4 rings (SSSR count). The molecule has 6 nitrogen and oxygen atoms in total. The summed E-state index contributed by atoms with van der Waals surface area (Å²) >= 11 is 1.61. The lowest BCUT2D eigenvalue weighted by Gasteiger charge is -2.09. The number of amides is 1. The summed E-state index contributed by atoms with van der Waals surface area (Å²) in [5, 5.41) is 8.92. The standard InChI is InChI=1S/C21H19FN4O2S/c1-13-10-18(21-24-20(25-28-21)15-5-7-16(22)8-6-15)14(2)26(13)12-19(27)23-11-17-4-3-9-29-17/h3-10H,11-12H2,1-2H3,(H,23,27). The third-order valence-corrected chi connectivity index (χ3v) is 5.55. The first kappa shape index (κ1) is 19.1. The van der Waals surface area contributed by atoms with Crippen molar-refractivity contribution >= 4 is 17.2 Å². The Balaban J connectivity index is 1.51.